The largest absolute Gasteiger partial charge is 0.349 e. The average Bonchev–Trinajstić information content (AvgIpc) is 2.81. The molecule has 5 heteroatoms. The van der Waals surface area contributed by atoms with Crippen molar-refractivity contribution in [2.45, 2.75) is 19.9 Å². The number of hydrogen-bond donors (Lipinski definition) is 1. The number of nitrogens with zero attached hydrogens (tertiary/aromatic N) is 2. The van der Waals surface area contributed by atoms with Crippen molar-refractivity contribution in [3.05, 3.63) is 53.6 Å². The summed E-state index contributed by atoms with van der Waals surface area (Å²) < 4.78 is 14.8. The van der Waals surface area contributed by atoms with E-state index in [2.05, 4.69) is 5.32 Å². The molecule has 0 spiro atoms. The van der Waals surface area contributed by atoms with Gasteiger partial charge in [-0.05, 0) is 38.1 Å². The van der Waals surface area contributed by atoms with E-state index in [0.29, 0.717) is 5.69 Å². The third-order valence-electron chi connectivity index (χ3n) is 2.73. The van der Waals surface area contributed by atoms with Gasteiger partial charge in [0.05, 0.1) is 5.56 Å². The summed E-state index contributed by atoms with van der Waals surface area (Å²) in [6.45, 7) is 3.67. The first-order valence-corrected chi connectivity index (χ1v) is 6.21. The van der Waals surface area contributed by atoms with E-state index >= 15 is 0 Å². The molecule has 2 rings (SSSR count). The Hall–Kier alpha value is -2.61. The number of rotatable bonds is 3. The second-order valence-corrected chi connectivity index (χ2v) is 4.67. The molecule has 0 aliphatic heterocycles. The molecule has 1 N–H and O–H groups in total. The molecule has 0 aliphatic rings. The van der Waals surface area contributed by atoms with Crippen LogP contribution in [0.15, 0.2) is 36.5 Å². The third kappa shape index (κ3) is 2.69. The second kappa shape index (κ2) is 5.57. The number of nitriles is 1. The monoisotopic (exact) mass is 271 g/mol. The Morgan fingerprint density at radius 2 is 2.15 bits per heavy atom. The van der Waals surface area contributed by atoms with E-state index in [1.165, 1.54) is 16.7 Å². The summed E-state index contributed by atoms with van der Waals surface area (Å²) in [6, 6.07) is 9.34. The van der Waals surface area contributed by atoms with E-state index in [9.17, 15) is 9.18 Å². The quantitative estimate of drug-likeness (QED) is 0.933. The fourth-order valence-electron chi connectivity index (χ4n) is 1.93. The summed E-state index contributed by atoms with van der Waals surface area (Å²) in [5.74, 6) is -0.754. The van der Waals surface area contributed by atoms with E-state index < -0.39 is 5.82 Å². The first-order valence-electron chi connectivity index (χ1n) is 6.21. The lowest BCUT2D eigenvalue weighted by Gasteiger charge is -2.12. The van der Waals surface area contributed by atoms with Crippen LogP contribution in [0.4, 0.5) is 4.39 Å². The lowest BCUT2D eigenvalue weighted by Crippen LogP contribution is -2.32. The minimum Gasteiger partial charge on any atom is -0.349 e. The highest BCUT2D eigenvalue weighted by Gasteiger charge is 2.18. The summed E-state index contributed by atoms with van der Waals surface area (Å²) in [5, 5.41) is 11.8. The second-order valence-electron chi connectivity index (χ2n) is 4.67. The molecule has 1 heterocycles. The van der Waals surface area contributed by atoms with Gasteiger partial charge in [-0.25, -0.2) is 4.39 Å². The van der Waals surface area contributed by atoms with Crippen LogP contribution in [0.5, 0.6) is 0 Å². The van der Waals surface area contributed by atoms with Gasteiger partial charge < -0.3 is 9.88 Å². The minimum absolute atomic E-state index is 0.0510. The summed E-state index contributed by atoms with van der Waals surface area (Å²) in [6.07, 6.45) is 1.59. The molecule has 0 atom stereocenters. The number of halogens is 1. The summed E-state index contributed by atoms with van der Waals surface area (Å²) in [5.41, 5.74) is 0.972. The van der Waals surface area contributed by atoms with Gasteiger partial charge in [-0.2, -0.15) is 5.26 Å². The van der Waals surface area contributed by atoms with Gasteiger partial charge in [0.1, 0.15) is 17.6 Å². The van der Waals surface area contributed by atoms with Crippen molar-refractivity contribution in [1.82, 2.24) is 9.88 Å². The third-order valence-corrected chi connectivity index (χ3v) is 2.73. The molecular formula is C15H14FN3O. The Morgan fingerprint density at radius 3 is 2.75 bits per heavy atom. The van der Waals surface area contributed by atoms with Crippen LogP contribution in [-0.4, -0.2) is 16.5 Å². The van der Waals surface area contributed by atoms with Crippen molar-refractivity contribution in [3.63, 3.8) is 0 Å². The van der Waals surface area contributed by atoms with E-state index in [1.54, 1.807) is 24.4 Å². The predicted molar refractivity (Wildman–Crippen MR) is 73.0 cm³/mol. The molecule has 0 aliphatic carbocycles. The number of carbonyl (C=O) groups excluding carboxylic acids is 1. The normalized spacial score (nSPS) is 10.3. The van der Waals surface area contributed by atoms with Crippen molar-refractivity contribution < 1.29 is 9.18 Å². The van der Waals surface area contributed by atoms with Crippen molar-refractivity contribution in [2.24, 2.45) is 0 Å². The highest BCUT2D eigenvalue weighted by molar-refractivity contribution is 5.96. The van der Waals surface area contributed by atoms with Crippen molar-refractivity contribution in [3.8, 4) is 11.8 Å². The molecule has 1 aromatic carbocycles. The van der Waals surface area contributed by atoms with Crippen LogP contribution in [-0.2, 0) is 0 Å². The Morgan fingerprint density at radius 1 is 1.40 bits per heavy atom. The summed E-state index contributed by atoms with van der Waals surface area (Å²) in [7, 11) is 0. The first kappa shape index (κ1) is 13.8. The zero-order valence-corrected chi connectivity index (χ0v) is 11.2. The Bertz CT molecular complexity index is 683. The molecule has 2 aromatic rings. The molecule has 0 unspecified atom stereocenters. The molecular weight excluding hydrogens is 257 g/mol. The van der Waals surface area contributed by atoms with Gasteiger partial charge in [-0.1, -0.05) is 6.07 Å². The molecule has 102 valence electrons. The van der Waals surface area contributed by atoms with E-state index in [-0.39, 0.29) is 23.2 Å². The van der Waals surface area contributed by atoms with Crippen LogP contribution in [0, 0.1) is 17.1 Å². The highest BCUT2D eigenvalue weighted by Crippen LogP contribution is 2.18. The van der Waals surface area contributed by atoms with E-state index in [1.807, 2.05) is 19.9 Å². The molecule has 1 amide bonds. The molecule has 1 aromatic heterocycles. The lowest BCUT2D eigenvalue weighted by molar-refractivity contribution is 0.0936. The van der Waals surface area contributed by atoms with Crippen molar-refractivity contribution >= 4 is 5.91 Å². The van der Waals surface area contributed by atoms with Crippen LogP contribution in [0.2, 0.25) is 0 Å². The predicted octanol–water partition coefficient (Wildman–Crippen LogP) is 2.63. The Balaban J connectivity index is 2.53. The van der Waals surface area contributed by atoms with E-state index in [0.717, 1.165) is 0 Å². The smallest absolute Gasteiger partial charge is 0.269 e. The van der Waals surface area contributed by atoms with Crippen LogP contribution in [0.3, 0.4) is 0 Å². The van der Waals surface area contributed by atoms with Crippen molar-refractivity contribution in [1.29, 1.82) is 5.26 Å². The minimum atomic E-state index is -0.398. The summed E-state index contributed by atoms with van der Waals surface area (Å²) >= 11 is 0. The first-order chi connectivity index (χ1) is 9.52. The molecule has 0 saturated carbocycles. The fourth-order valence-corrected chi connectivity index (χ4v) is 1.93. The molecule has 0 radical (unpaired) electrons. The Kier molecular flexibility index (Phi) is 3.85. The number of benzene rings is 1. The van der Waals surface area contributed by atoms with Gasteiger partial charge in [0.2, 0.25) is 0 Å². The number of aromatic nitrogens is 1. The number of hydrogen-bond acceptors (Lipinski definition) is 2. The SMILES string of the molecule is CC(C)NC(=O)c1c(C#N)ccn1-c1cccc(F)c1. The maximum Gasteiger partial charge on any atom is 0.269 e. The molecule has 4 nitrogen and oxygen atoms in total. The van der Waals surface area contributed by atoms with Gasteiger partial charge in [-0.15, -0.1) is 0 Å². The van der Waals surface area contributed by atoms with Crippen molar-refractivity contribution in [2.75, 3.05) is 0 Å². The van der Waals surface area contributed by atoms with Crippen LogP contribution >= 0.6 is 0 Å². The number of amides is 1. The average molecular weight is 271 g/mol. The van der Waals surface area contributed by atoms with Crippen LogP contribution in [0.1, 0.15) is 29.9 Å². The zero-order valence-electron chi connectivity index (χ0n) is 11.2. The molecule has 0 fully saturated rings. The van der Waals surface area contributed by atoms with Gasteiger partial charge in [0.15, 0.2) is 0 Å². The molecule has 0 saturated heterocycles. The number of carbonyl (C=O) groups is 1. The standard InChI is InChI=1S/C15H14FN3O/c1-10(2)18-15(20)14-11(9-17)6-7-19(14)13-5-3-4-12(16)8-13/h3-8,10H,1-2H3,(H,18,20). The maximum absolute atomic E-state index is 13.3. The topological polar surface area (TPSA) is 57.8 Å². The zero-order chi connectivity index (χ0) is 14.7. The fraction of sp³-hybridized carbons (Fsp3) is 0.200. The summed E-state index contributed by atoms with van der Waals surface area (Å²) in [4.78, 5) is 12.2. The van der Waals surface area contributed by atoms with Gasteiger partial charge in [-0.3, -0.25) is 4.79 Å². The van der Waals surface area contributed by atoms with Crippen LogP contribution < -0.4 is 5.32 Å². The van der Waals surface area contributed by atoms with Gasteiger partial charge >= 0.3 is 0 Å². The molecule has 0 bridgehead atoms. The van der Waals surface area contributed by atoms with Gasteiger partial charge in [0.25, 0.3) is 5.91 Å². The van der Waals surface area contributed by atoms with E-state index in [4.69, 9.17) is 5.26 Å². The number of nitrogens with one attached hydrogen (secondary N) is 1. The van der Waals surface area contributed by atoms with Crippen LogP contribution in [0.25, 0.3) is 5.69 Å². The highest BCUT2D eigenvalue weighted by atomic mass is 19.1. The lowest BCUT2D eigenvalue weighted by atomic mass is 10.2. The van der Waals surface area contributed by atoms with Gasteiger partial charge in [0, 0.05) is 17.9 Å². The maximum atomic E-state index is 13.3. The Labute approximate surface area is 116 Å². The molecule has 20 heavy (non-hydrogen) atoms.